The highest BCUT2D eigenvalue weighted by Crippen LogP contribution is 2.31. The monoisotopic (exact) mass is 490 g/mol. The first-order valence-corrected chi connectivity index (χ1v) is 11.8. The van der Waals surface area contributed by atoms with E-state index in [-0.39, 0.29) is 12.4 Å². The van der Waals surface area contributed by atoms with Crippen LogP contribution >= 0.6 is 0 Å². The molecule has 2 aromatic rings. The molecule has 12 heteroatoms. The van der Waals surface area contributed by atoms with Crippen LogP contribution in [0.2, 0.25) is 0 Å². The number of amides is 2. The summed E-state index contributed by atoms with van der Waals surface area (Å²) >= 11 is 0. The van der Waals surface area contributed by atoms with Crippen LogP contribution in [-0.2, 0) is 16.6 Å². The van der Waals surface area contributed by atoms with Gasteiger partial charge >= 0.3 is 6.03 Å². The molecule has 0 aromatic heterocycles. The molecular formula is C22H30N6O5S. The Balaban J connectivity index is 2.26. The number of nitrogens with two attached hydrogens (primary N) is 3. The van der Waals surface area contributed by atoms with Crippen molar-refractivity contribution in [3.63, 3.8) is 0 Å². The molecule has 34 heavy (non-hydrogen) atoms. The molecule has 0 spiro atoms. The van der Waals surface area contributed by atoms with Crippen LogP contribution in [0.4, 0.5) is 10.5 Å². The Kier molecular flexibility index (Phi) is 9.01. The van der Waals surface area contributed by atoms with Crippen molar-refractivity contribution in [1.29, 1.82) is 0 Å². The molecule has 2 aromatic carbocycles. The summed E-state index contributed by atoms with van der Waals surface area (Å²) in [5, 5.41) is 1.79. The van der Waals surface area contributed by atoms with Gasteiger partial charge in [-0.05, 0) is 61.4 Å². The second-order valence-corrected chi connectivity index (χ2v) is 9.19. The number of urea groups is 1. The fourth-order valence-electron chi connectivity index (χ4n) is 2.90. The highest BCUT2D eigenvalue weighted by Gasteiger charge is 2.20. The molecule has 0 aliphatic carbocycles. The van der Waals surface area contributed by atoms with Gasteiger partial charge in [0.05, 0.1) is 24.1 Å². The Labute approximate surface area is 199 Å². The Morgan fingerprint density at radius 3 is 2.47 bits per heavy atom. The largest absolute Gasteiger partial charge is 0.496 e. The molecule has 6 N–H and O–H groups in total. The molecule has 0 aliphatic rings. The fourth-order valence-corrected chi connectivity index (χ4v) is 3.30. The lowest BCUT2D eigenvalue weighted by atomic mass is 10.1. The highest BCUT2D eigenvalue weighted by atomic mass is 32.2. The summed E-state index contributed by atoms with van der Waals surface area (Å²) in [6.07, 6.45) is 2.58. The van der Waals surface area contributed by atoms with E-state index in [1.54, 1.807) is 36.4 Å². The Morgan fingerprint density at radius 1 is 1.18 bits per heavy atom. The van der Waals surface area contributed by atoms with Gasteiger partial charge in [-0.25, -0.2) is 29.9 Å². The second kappa shape index (κ2) is 11.5. The summed E-state index contributed by atoms with van der Waals surface area (Å²) in [5.74, 6) is 12.5. The van der Waals surface area contributed by atoms with Crippen LogP contribution in [0.5, 0.6) is 11.5 Å². The minimum Gasteiger partial charge on any atom is -0.496 e. The molecule has 0 bridgehead atoms. The quantitative estimate of drug-likeness (QED) is 0.207. The smallest absolute Gasteiger partial charge is 0.352 e. The second-order valence-electron chi connectivity index (χ2n) is 7.24. The van der Waals surface area contributed by atoms with E-state index in [1.807, 2.05) is 6.92 Å². The van der Waals surface area contributed by atoms with Gasteiger partial charge in [0.2, 0.25) is 0 Å². The zero-order valence-electron chi connectivity index (χ0n) is 19.6. The fraction of sp³-hybridized carbons (Fsp3) is 0.273. The number of hydrogen-bond acceptors (Lipinski definition) is 8. The van der Waals surface area contributed by atoms with E-state index in [2.05, 4.69) is 4.40 Å². The number of hydrazine groups is 2. The molecule has 2 amide bonds. The average molecular weight is 491 g/mol. The van der Waals surface area contributed by atoms with E-state index in [9.17, 15) is 13.2 Å². The molecule has 0 fully saturated rings. The number of methoxy groups -OCH3 is 1. The van der Waals surface area contributed by atoms with Crippen LogP contribution in [0.1, 0.15) is 23.6 Å². The third kappa shape index (κ3) is 6.70. The first-order valence-electron chi connectivity index (χ1n) is 10.2. The number of allylic oxidation sites excluding steroid dienone is 1. The first kappa shape index (κ1) is 26.6. The van der Waals surface area contributed by atoms with Gasteiger partial charge in [0.1, 0.15) is 18.1 Å². The van der Waals surface area contributed by atoms with Crippen molar-refractivity contribution >= 4 is 33.7 Å². The Morgan fingerprint density at radius 2 is 1.88 bits per heavy atom. The molecule has 0 radical (unpaired) electrons. The normalized spacial score (nSPS) is 12.0. The molecule has 0 aliphatic heterocycles. The van der Waals surface area contributed by atoms with Gasteiger partial charge in [-0.2, -0.15) is 4.40 Å². The van der Waals surface area contributed by atoms with E-state index in [4.69, 9.17) is 26.9 Å². The van der Waals surface area contributed by atoms with Gasteiger partial charge in [0, 0.05) is 19.0 Å². The summed E-state index contributed by atoms with van der Waals surface area (Å²) in [7, 11) is -0.584. The van der Waals surface area contributed by atoms with Crippen LogP contribution in [-0.4, -0.2) is 45.6 Å². The third-order valence-electron chi connectivity index (χ3n) is 4.82. The van der Waals surface area contributed by atoms with Gasteiger partial charge in [-0.15, -0.1) is 0 Å². The van der Waals surface area contributed by atoms with Gasteiger partial charge in [-0.3, -0.25) is 5.01 Å². The van der Waals surface area contributed by atoms with Crippen molar-refractivity contribution in [3.8, 4) is 11.5 Å². The molecule has 0 atom stereocenters. The summed E-state index contributed by atoms with van der Waals surface area (Å²) in [4.78, 5) is 12.2. The zero-order chi connectivity index (χ0) is 25.5. The lowest BCUT2D eigenvalue weighted by Gasteiger charge is -2.24. The highest BCUT2D eigenvalue weighted by molar-refractivity contribution is 7.90. The maximum absolute atomic E-state index is 12.2. The topological polar surface area (TPSA) is 167 Å². The van der Waals surface area contributed by atoms with E-state index in [0.29, 0.717) is 34.0 Å². The van der Waals surface area contributed by atoms with Crippen molar-refractivity contribution in [3.05, 3.63) is 59.2 Å². The number of benzene rings is 2. The van der Waals surface area contributed by atoms with Crippen LogP contribution in [0.25, 0.3) is 5.70 Å². The predicted octanol–water partition coefficient (Wildman–Crippen LogP) is 1.91. The minimum atomic E-state index is -3.48. The minimum absolute atomic E-state index is 0.0572. The first-order chi connectivity index (χ1) is 16.0. The molecule has 184 valence electrons. The number of carbonyl (C=O) groups excluding carboxylic acids is 1. The van der Waals surface area contributed by atoms with Crippen LogP contribution < -0.4 is 31.9 Å². The number of sulfonamides is 1. The zero-order valence-corrected chi connectivity index (χ0v) is 20.4. The number of anilines is 1. The number of carbonyl (C=O) groups is 1. The third-order valence-corrected chi connectivity index (χ3v) is 5.99. The van der Waals surface area contributed by atoms with Crippen LogP contribution in [0.15, 0.2) is 46.9 Å². The van der Waals surface area contributed by atoms with Crippen molar-refractivity contribution in [2.24, 2.45) is 21.8 Å². The van der Waals surface area contributed by atoms with Crippen molar-refractivity contribution < 1.29 is 22.7 Å². The number of hydrogen-bond donors (Lipinski definition) is 3. The maximum atomic E-state index is 12.2. The average Bonchev–Trinajstić information content (AvgIpc) is 2.81. The standard InChI is InChI=1S/C22H30N6O5S/c1-5-34(30,31)26-12-11-18(23)16-9-10-20(15(2)13-16)33-14-17-19(7-6-8-21(17)32-4)28(25)22(29)27(3)24/h6-13H,5,14,23-25H2,1-4H3. The van der Waals surface area contributed by atoms with Crippen molar-refractivity contribution in [2.45, 2.75) is 20.5 Å². The number of rotatable bonds is 9. The van der Waals surface area contributed by atoms with Crippen molar-refractivity contribution in [2.75, 3.05) is 24.9 Å². The lowest BCUT2D eigenvalue weighted by Crippen LogP contribution is -2.49. The molecule has 2 rings (SSSR count). The number of nitrogens with zero attached hydrogens (tertiary/aromatic N) is 3. The van der Waals surface area contributed by atoms with Gasteiger partial charge in [0.15, 0.2) is 0 Å². The van der Waals surface area contributed by atoms with E-state index < -0.39 is 16.1 Å². The number of ether oxygens (including phenoxy) is 2. The summed E-state index contributed by atoms with van der Waals surface area (Å²) in [5.41, 5.74) is 8.78. The van der Waals surface area contributed by atoms with E-state index in [0.717, 1.165) is 21.8 Å². The Hall–Kier alpha value is -3.61. The number of aryl methyl sites for hydroxylation is 1. The molecule has 0 saturated carbocycles. The summed E-state index contributed by atoms with van der Waals surface area (Å²) in [6.45, 7) is 3.41. The molecule has 0 saturated heterocycles. The summed E-state index contributed by atoms with van der Waals surface area (Å²) in [6, 6.07) is 9.74. The van der Waals surface area contributed by atoms with Crippen molar-refractivity contribution in [1.82, 2.24) is 5.01 Å². The molecule has 0 unspecified atom stereocenters. The molecular weight excluding hydrogens is 460 g/mol. The Bertz CT molecular complexity index is 1190. The van der Waals surface area contributed by atoms with Crippen LogP contribution in [0.3, 0.4) is 0 Å². The van der Waals surface area contributed by atoms with Gasteiger partial charge in [0.25, 0.3) is 10.0 Å². The molecule has 0 heterocycles. The lowest BCUT2D eigenvalue weighted by molar-refractivity contribution is 0.216. The maximum Gasteiger partial charge on any atom is 0.352 e. The predicted molar refractivity (Wildman–Crippen MR) is 133 cm³/mol. The van der Waals surface area contributed by atoms with Gasteiger partial charge < -0.3 is 15.2 Å². The SMILES string of the molecule is CCS(=O)(=O)N=CC=C(N)c1ccc(OCc2c(OC)cccc2N(N)C(=O)N(C)N)c(C)c1. The van der Waals surface area contributed by atoms with E-state index >= 15 is 0 Å². The summed E-state index contributed by atoms with van der Waals surface area (Å²) < 4.78 is 37.8. The van der Waals surface area contributed by atoms with Crippen LogP contribution in [0, 0.1) is 6.92 Å². The molecule has 11 nitrogen and oxygen atoms in total. The van der Waals surface area contributed by atoms with E-state index in [1.165, 1.54) is 27.2 Å². The van der Waals surface area contributed by atoms with Gasteiger partial charge in [-0.1, -0.05) is 6.07 Å².